The Hall–Kier alpha value is -1.09. The predicted octanol–water partition coefficient (Wildman–Crippen LogP) is 3.28. The van der Waals surface area contributed by atoms with Crippen LogP contribution in [0.5, 0.6) is 0 Å². The summed E-state index contributed by atoms with van der Waals surface area (Å²) in [5.41, 5.74) is 2.52. The zero-order chi connectivity index (χ0) is 9.10. The normalized spacial score (nSPS) is 13.0. The average molecular weight is 193 g/mol. The van der Waals surface area contributed by atoms with Gasteiger partial charge in [0.25, 0.3) is 0 Å². The Kier molecular flexibility index (Phi) is 2.45. The summed E-state index contributed by atoms with van der Waals surface area (Å²) in [5.74, 6) is 0.442. The van der Waals surface area contributed by atoms with Crippen LogP contribution in [0.4, 0.5) is 0 Å². The minimum Gasteiger partial charge on any atom is -0.364 e. The molecule has 0 aliphatic rings. The molecule has 0 saturated carbocycles. The van der Waals surface area contributed by atoms with Gasteiger partial charge in [-0.1, -0.05) is 12.1 Å². The maximum atomic E-state index is 4.85. The highest BCUT2D eigenvalue weighted by Crippen LogP contribution is 2.28. The number of hydrogen-bond acceptors (Lipinski definition) is 3. The van der Waals surface area contributed by atoms with Crippen LogP contribution in [0.1, 0.15) is 30.4 Å². The van der Waals surface area contributed by atoms with Crippen molar-refractivity contribution in [3.63, 3.8) is 0 Å². The van der Waals surface area contributed by atoms with Crippen LogP contribution in [0.15, 0.2) is 33.8 Å². The lowest BCUT2D eigenvalue weighted by Gasteiger charge is -2.09. The van der Waals surface area contributed by atoms with Crippen molar-refractivity contribution >= 4 is 11.3 Å². The molecule has 1 atom stereocenters. The summed E-state index contributed by atoms with van der Waals surface area (Å²) in [7, 11) is 0. The fourth-order valence-electron chi connectivity index (χ4n) is 1.52. The van der Waals surface area contributed by atoms with E-state index < -0.39 is 0 Å². The minimum absolute atomic E-state index is 0.442. The standard InChI is InChI=1S/C10H11NOS/c1-2-10(8-3-4-13-7-8)9-5-11-12-6-9/h3-7,10H,2H2,1H3. The Morgan fingerprint density at radius 2 is 2.46 bits per heavy atom. The van der Waals surface area contributed by atoms with E-state index in [0.29, 0.717) is 5.92 Å². The topological polar surface area (TPSA) is 26.0 Å². The van der Waals surface area contributed by atoms with E-state index in [0.717, 1.165) is 6.42 Å². The predicted molar refractivity (Wildman–Crippen MR) is 53.0 cm³/mol. The van der Waals surface area contributed by atoms with Gasteiger partial charge in [-0.15, -0.1) is 0 Å². The van der Waals surface area contributed by atoms with Crippen molar-refractivity contribution in [3.05, 3.63) is 40.4 Å². The van der Waals surface area contributed by atoms with Crippen molar-refractivity contribution < 1.29 is 4.52 Å². The first-order valence-electron chi connectivity index (χ1n) is 4.33. The molecule has 2 nitrogen and oxygen atoms in total. The maximum absolute atomic E-state index is 4.85. The van der Waals surface area contributed by atoms with Crippen molar-refractivity contribution in [2.45, 2.75) is 19.3 Å². The molecule has 0 fully saturated rings. The number of rotatable bonds is 3. The molecule has 0 aromatic carbocycles. The molecule has 13 heavy (non-hydrogen) atoms. The molecule has 2 aromatic heterocycles. The molecule has 1 unspecified atom stereocenters. The quantitative estimate of drug-likeness (QED) is 0.747. The Morgan fingerprint density at radius 3 is 3.00 bits per heavy atom. The first kappa shape index (κ1) is 8.51. The largest absolute Gasteiger partial charge is 0.364 e. The molecule has 0 amide bonds. The Morgan fingerprint density at radius 1 is 1.54 bits per heavy atom. The van der Waals surface area contributed by atoms with Gasteiger partial charge in [-0.25, -0.2) is 0 Å². The van der Waals surface area contributed by atoms with Gasteiger partial charge in [-0.05, 0) is 28.8 Å². The van der Waals surface area contributed by atoms with E-state index in [-0.39, 0.29) is 0 Å². The second-order valence-corrected chi connectivity index (χ2v) is 3.76. The van der Waals surface area contributed by atoms with Crippen LogP contribution in [0.3, 0.4) is 0 Å². The number of thiophene rings is 1. The monoisotopic (exact) mass is 193 g/mol. The Bertz CT molecular complexity index is 305. The molecule has 0 saturated heterocycles. The van der Waals surface area contributed by atoms with E-state index in [4.69, 9.17) is 4.52 Å². The van der Waals surface area contributed by atoms with E-state index in [1.165, 1.54) is 11.1 Å². The lowest BCUT2D eigenvalue weighted by Crippen LogP contribution is -1.95. The van der Waals surface area contributed by atoms with Crippen LogP contribution < -0.4 is 0 Å². The molecule has 2 rings (SSSR count). The summed E-state index contributed by atoms with van der Waals surface area (Å²) in [6, 6.07) is 2.16. The molecule has 0 bridgehead atoms. The first-order valence-corrected chi connectivity index (χ1v) is 5.27. The molecule has 2 aromatic rings. The summed E-state index contributed by atoms with van der Waals surface area (Å²) in [4.78, 5) is 0. The highest BCUT2D eigenvalue weighted by Gasteiger charge is 2.13. The Labute approximate surface area is 81.2 Å². The van der Waals surface area contributed by atoms with Crippen LogP contribution in [-0.4, -0.2) is 5.16 Å². The summed E-state index contributed by atoms with van der Waals surface area (Å²) >= 11 is 1.73. The third-order valence-corrected chi connectivity index (χ3v) is 2.91. The van der Waals surface area contributed by atoms with E-state index in [9.17, 15) is 0 Å². The van der Waals surface area contributed by atoms with E-state index in [1.54, 1.807) is 23.8 Å². The molecule has 0 spiro atoms. The molecule has 0 N–H and O–H groups in total. The van der Waals surface area contributed by atoms with E-state index in [2.05, 4.69) is 28.9 Å². The van der Waals surface area contributed by atoms with Crippen molar-refractivity contribution in [1.29, 1.82) is 0 Å². The molecule has 0 aliphatic carbocycles. The SMILES string of the molecule is CCC(c1cnoc1)c1ccsc1. The van der Waals surface area contributed by atoms with Crippen molar-refractivity contribution in [1.82, 2.24) is 5.16 Å². The van der Waals surface area contributed by atoms with Gasteiger partial charge in [-0.3, -0.25) is 0 Å². The van der Waals surface area contributed by atoms with E-state index >= 15 is 0 Å². The summed E-state index contributed by atoms with van der Waals surface area (Å²) in [6.07, 6.45) is 4.61. The highest BCUT2D eigenvalue weighted by atomic mass is 32.1. The van der Waals surface area contributed by atoms with Gasteiger partial charge in [0, 0.05) is 11.5 Å². The van der Waals surface area contributed by atoms with Gasteiger partial charge in [0.15, 0.2) is 0 Å². The number of hydrogen-bond donors (Lipinski definition) is 0. The second-order valence-electron chi connectivity index (χ2n) is 2.98. The molecule has 0 aliphatic heterocycles. The smallest absolute Gasteiger partial charge is 0.127 e. The number of aromatic nitrogens is 1. The molecule has 2 heterocycles. The van der Waals surface area contributed by atoms with Gasteiger partial charge in [-0.2, -0.15) is 11.3 Å². The highest BCUT2D eigenvalue weighted by molar-refractivity contribution is 7.08. The van der Waals surface area contributed by atoms with Crippen LogP contribution in [0.25, 0.3) is 0 Å². The van der Waals surface area contributed by atoms with E-state index in [1.807, 2.05) is 0 Å². The van der Waals surface area contributed by atoms with Gasteiger partial charge in [0.2, 0.25) is 0 Å². The summed E-state index contributed by atoms with van der Waals surface area (Å²) in [5, 5.41) is 8.01. The van der Waals surface area contributed by atoms with Gasteiger partial charge in [0.1, 0.15) is 6.26 Å². The minimum atomic E-state index is 0.442. The van der Waals surface area contributed by atoms with Crippen molar-refractivity contribution in [3.8, 4) is 0 Å². The molecule has 3 heteroatoms. The van der Waals surface area contributed by atoms with Crippen LogP contribution in [-0.2, 0) is 0 Å². The molecular weight excluding hydrogens is 182 g/mol. The zero-order valence-electron chi connectivity index (χ0n) is 7.43. The lowest BCUT2D eigenvalue weighted by atomic mass is 9.94. The third-order valence-electron chi connectivity index (χ3n) is 2.21. The second kappa shape index (κ2) is 3.75. The first-order chi connectivity index (χ1) is 6.42. The summed E-state index contributed by atoms with van der Waals surface area (Å²) in [6.45, 7) is 2.18. The van der Waals surface area contributed by atoms with Crippen molar-refractivity contribution in [2.24, 2.45) is 0 Å². The molecular formula is C10H11NOS. The zero-order valence-corrected chi connectivity index (χ0v) is 8.25. The van der Waals surface area contributed by atoms with Gasteiger partial charge in [0.05, 0.1) is 6.20 Å². The Balaban J connectivity index is 2.29. The van der Waals surface area contributed by atoms with Crippen molar-refractivity contribution in [2.75, 3.05) is 0 Å². The molecule has 68 valence electrons. The van der Waals surface area contributed by atoms with Gasteiger partial charge >= 0.3 is 0 Å². The average Bonchev–Trinajstić information content (AvgIpc) is 2.76. The van der Waals surface area contributed by atoms with Gasteiger partial charge < -0.3 is 4.52 Å². The molecule has 0 radical (unpaired) electrons. The van der Waals surface area contributed by atoms with Crippen LogP contribution in [0.2, 0.25) is 0 Å². The lowest BCUT2D eigenvalue weighted by molar-refractivity contribution is 0.418. The summed E-state index contributed by atoms with van der Waals surface area (Å²) < 4.78 is 4.85. The maximum Gasteiger partial charge on any atom is 0.127 e. The van der Waals surface area contributed by atoms with Crippen LogP contribution in [0, 0.1) is 0 Å². The number of nitrogens with zero attached hydrogens (tertiary/aromatic N) is 1. The van der Waals surface area contributed by atoms with Crippen LogP contribution >= 0.6 is 11.3 Å². The fraction of sp³-hybridized carbons (Fsp3) is 0.300. The fourth-order valence-corrected chi connectivity index (χ4v) is 2.24. The third kappa shape index (κ3) is 1.65.